The summed E-state index contributed by atoms with van der Waals surface area (Å²) in [5.74, 6) is 0.636. The van der Waals surface area contributed by atoms with Crippen molar-refractivity contribution in [1.82, 2.24) is 4.98 Å². The van der Waals surface area contributed by atoms with Crippen LogP contribution in [0.4, 0.5) is 0 Å². The minimum atomic E-state index is -0.0416. The molecule has 86 valence electrons. The number of aryl methyl sites for hydroxylation is 1. The van der Waals surface area contributed by atoms with Gasteiger partial charge in [0.1, 0.15) is 5.75 Å². The Bertz CT molecular complexity index is 549. The fourth-order valence-electron chi connectivity index (χ4n) is 1.61. The number of carbonyl (C=O) groups excluding carboxylic acids is 1. The van der Waals surface area contributed by atoms with Gasteiger partial charge in [-0.2, -0.15) is 0 Å². The Morgan fingerprint density at radius 1 is 1.18 bits per heavy atom. The van der Waals surface area contributed by atoms with E-state index in [1.165, 1.54) is 0 Å². The molecule has 17 heavy (non-hydrogen) atoms. The number of aromatic nitrogens is 1. The quantitative estimate of drug-likeness (QED) is 0.757. The Morgan fingerprint density at radius 2 is 2.00 bits per heavy atom. The van der Waals surface area contributed by atoms with Crippen LogP contribution in [-0.4, -0.2) is 17.9 Å². The van der Waals surface area contributed by atoms with E-state index in [2.05, 4.69) is 4.98 Å². The van der Waals surface area contributed by atoms with Crippen molar-refractivity contribution in [2.45, 2.75) is 6.92 Å². The Morgan fingerprint density at radius 3 is 2.71 bits per heavy atom. The largest absolute Gasteiger partial charge is 0.497 e. The van der Waals surface area contributed by atoms with Gasteiger partial charge in [0.2, 0.25) is 0 Å². The first-order chi connectivity index (χ1) is 8.20. The van der Waals surface area contributed by atoms with Crippen LogP contribution in [0.5, 0.6) is 5.75 Å². The SMILES string of the molecule is COc1cccc(C(=O)c2cncc(C)c2)c1. The number of rotatable bonds is 3. The second-order valence-electron chi connectivity index (χ2n) is 3.81. The van der Waals surface area contributed by atoms with Gasteiger partial charge in [-0.15, -0.1) is 0 Å². The smallest absolute Gasteiger partial charge is 0.194 e. The van der Waals surface area contributed by atoms with E-state index < -0.39 is 0 Å². The van der Waals surface area contributed by atoms with Crippen molar-refractivity contribution in [3.8, 4) is 5.75 Å². The molecule has 3 heteroatoms. The highest BCUT2D eigenvalue weighted by Gasteiger charge is 2.10. The molecule has 1 aromatic carbocycles. The third-order valence-corrected chi connectivity index (χ3v) is 2.47. The number of nitrogens with zero attached hydrogens (tertiary/aromatic N) is 1. The summed E-state index contributed by atoms with van der Waals surface area (Å²) in [7, 11) is 1.58. The molecule has 0 saturated heterocycles. The highest BCUT2D eigenvalue weighted by Crippen LogP contribution is 2.16. The van der Waals surface area contributed by atoms with Crippen molar-refractivity contribution in [3.63, 3.8) is 0 Å². The molecule has 0 aliphatic heterocycles. The van der Waals surface area contributed by atoms with Crippen LogP contribution in [0.25, 0.3) is 0 Å². The molecule has 2 rings (SSSR count). The van der Waals surface area contributed by atoms with Crippen LogP contribution in [0.2, 0.25) is 0 Å². The minimum absolute atomic E-state index is 0.0416. The summed E-state index contributed by atoms with van der Waals surface area (Å²) in [6, 6.07) is 8.94. The fourth-order valence-corrected chi connectivity index (χ4v) is 1.61. The summed E-state index contributed by atoms with van der Waals surface area (Å²) >= 11 is 0. The van der Waals surface area contributed by atoms with Crippen molar-refractivity contribution in [1.29, 1.82) is 0 Å². The summed E-state index contributed by atoms with van der Waals surface area (Å²) in [4.78, 5) is 16.2. The number of carbonyl (C=O) groups is 1. The normalized spacial score (nSPS) is 10.0. The number of benzene rings is 1. The van der Waals surface area contributed by atoms with Gasteiger partial charge >= 0.3 is 0 Å². The van der Waals surface area contributed by atoms with Crippen LogP contribution >= 0.6 is 0 Å². The van der Waals surface area contributed by atoms with Gasteiger partial charge in [0.25, 0.3) is 0 Å². The van der Waals surface area contributed by atoms with Crippen LogP contribution in [0, 0.1) is 6.92 Å². The molecule has 0 radical (unpaired) electrons. The van der Waals surface area contributed by atoms with Crippen molar-refractivity contribution in [3.05, 3.63) is 59.4 Å². The summed E-state index contributed by atoms with van der Waals surface area (Å²) in [6.45, 7) is 1.91. The van der Waals surface area contributed by atoms with E-state index in [4.69, 9.17) is 4.74 Å². The average Bonchev–Trinajstić information content (AvgIpc) is 2.38. The molecule has 0 spiro atoms. The third kappa shape index (κ3) is 2.50. The van der Waals surface area contributed by atoms with Gasteiger partial charge in [-0.05, 0) is 30.7 Å². The second kappa shape index (κ2) is 4.78. The molecule has 0 bridgehead atoms. The first-order valence-electron chi connectivity index (χ1n) is 5.31. The molecule has 0 atom stereocenters. The highest BCUT2D eigenvalue weighted by molar-refractivity contribution is 6.09. The number of methoxy groups -OCH3 is 1. The molecule has 0 saturated carbocycles. The van der Waals surface area contributed by atoms with Crippen molar-refractivity contribution in [2.24, 2.45) is 0 Å². The Balaban J connectivity index is 2.36. The number of ketones is 1. The van der Waals surface area contributed by atoms with E-state index in [1.807, 2.05) is 19.1 Å². The Kier molecular flexibility index (Phi) is 3.19. The lowest BCUT2D eigenvalue weighted by Gasteiger charge is -2.04. The number of pyridine rings is 1. The van der Waals surface area contributed by atoms with E-state index in [-0.39, 0.29) is 5.78 Å². The molecular weight excluding hydrogens is 214 g/mol. The predicted octanol–water partition coefficient (Wildman–Crippen LogP) is 2.63. The van der Waals surface area contributed by atoms with E-state index >= 15 is 0 Å². The third-order valence-electron chi connectivity index (χ3n) is 2.47. The Hall–Kier alpha value is -2.16. The monoisotopic (exact) mass is 227 g/mol. The first kappa shape index (κ1) is 11.3. The van der Waals surface area contributed by atoms with E-state index in [9.17, 15) is 4.79 Å². The number of hydrogen-bond acceptors (Lipinski definition) is 3. The van der Waals surface area contributed by atoms with Gasteiger partial charge < -0.3 is 4.74 Å². The summed E-state index contributed by atoms with van der Waals surface area (Å²) < 4.78 is 5.10. The lowest BCUT2D eigenvalue weighted by molar-refractivity contribution is 0.103. The molecule has 0 N–H and O–H groups in total. The standard InChI is InChI=1S/C14H13NO2/c1-10-6-12(9-15-8-10)14(16)11-4-3-5-13(7-11)17-2/h3-9H,1-2H3. The van der Waals surface area contributed by atoms with Crippen LogP contribution in [0.3, 0.4) is 0 Å². The molecule has 0 aliphatic rings. The molecule has 0 unspecified atom stereocenters. The molecule has 1 heterocycles. The van der Waals surface area contributed by atoms with Crippen molar-refractivity contribution < 1.29 is 9.53 Å². The van der Waals surface area contributed by atoms with Crippen LogP contribution in [0.1, 0.15) is 21.5 Å². The molecule has 1 aromatic heterocycles. The van der Waals surface area contributed by atoms with Crippen molar-refractivity contribution >= 4 is 5.78 Å². The highest BCUT2D eigenvalue weighted by atomic mass is 16.5. The van der Waals surface area contributed by atoms with E-state index in [0.717, 1.165) is 5.56 Å². The van der Waals surface area contributed by atoms with Gasteiger partial charge in [0.05, 0.1) is 7.11 Å². The summed E-state index contributed by atoms with van der Waals surface area (Å²) in [5, 5.41) is 0. The first-order valence-corrected chi connectivity index (χ1v) is 5.31. The van der Waals surface area contributed by atoms with Crippen LogP contribution in [0.15, 0.2) is 42.7 Å². The molecule has 2 aromatic rings. The molecule has 3 nitrogen and oxygen atoms in total. The maximum Gasteiger partial charge on any atom is 0.194 e. The maximum atomic E-state index is 12.2. The summed E-state index contributed by atoms with van der Waals surface area (Å²) in [6.07, 6.45) is 3.30. The molecule has 0 fully saturated rings. The van der Waals surface area contributed by atoms with Gasteiger partial charge in [0.15, 0.2) is 5.78 Å². The van der Waals surface area contributed by atoms with Crippen LogP contribution in [-0.2, 0) is 0 Å². The lowest BCUT2D eigenvalue weighted by Crippen LogP contribution is -2.02. The predicted molar refractivity (Wildman–Crippen MR) is 65.4 cm³/mol. The van der Waals surface area contributed by atoms with Gasteiger partial charge in [-0.3, -0.25) is 9.78 Å². The molecule has 0 aliphatic carbocycles. The van der Waals surface area contributed by atoms with Crippen molar-refractivity contribution in [2.75, 3.05) is 7.11 Å². The topological polar surface area (TPSA) is 39.2 Å². The average molecular weight is 227 g/mol. The fraction of sp³-hybridized carbons (Fsp3) is 0.143. The van der Waals surface area contributed by atoms with Gasteiger partial charge in [-0.25, -0.2) is 0 Å². The van der Waals surface area contributed by atoms with E-state index in [1.54, 1.807) is 37.7 Å². The zero-order valence-corrected chi connectivity index (χ0v) is 9.81. The summed E-state index contributed by atoms with van der Waals surface area (Å²) in [5.41, 5.74) is 2.17. The zero-order chi connectivity index (χ0) is 12.3. The van der Waals surface area contributed by atoms with Gasteiger partial charge in [-0.1, -0.05) is 12.1 Å². The molecule has 0 amide bonds. The van der Waals surface area contributed by atoms with Gasteiger partial charge in [0, 0.05) is 23.5 Å². The second-order valence-corrected chi connectivity index (χ2v) is 3.81. The maximum absolute atomic E-state index is 12.2. The minimum Gasteiger partial charge on any atom is -0.497 e. The molecular formula is C14H13NO2. The van der Waals surface area contributed by atoms with E-state index in [0.29, 0.717) is 16.9 Å². The van der Waals surface area contributed by atoms with Crippen LogP contribution < -0.4 is 4.74 Å². The Labute approximate surface area is 100 Å². The zero-order valence-electron chi connectivity index (χ0n) is 9.81. The number of ether oxygens (including phenoxy) is 1. The lowest BCUT2D eigenvalue weighted by atomic mass is 10.0. The number of hydrogen-bond donors (Lipinski definition) is 0.